The average Bonchev–Trinajstić information content (AvgIpc) is 2.16. The number of hydrogen-bond donors (Lipinski definition) is 2. The van der Waals surface area contributed by atoms with Crippen molar-refractivity contribution in [3.63, 3.8) is 0 Å². The highest BCUT2D eigenvalue weighted by molar-refractivity contribution is 7.98. The summed E-state index contributed by atoms with van der Waals surface area (Å²) in [5, 5.41) is 9.56. The maximum absolute atomic E-state index is 8.94. The van der Waals surface area contributed by atoms with Gasteiger partial charge in [-0.15, -0.1) is 11.8 Å². The number of benzene rings is 1. The highest BCUT2D eigenvalue weighted by Gasteiger charge is 2.12. The molecule has 0 aromatic heterocycles. The summed E-state index contributed by atoms with van der Waals surface area (Å²) >= 11 is 7.56. The van der Waals surface area contributed by atoms with Crippen LogP contribution in [0.3, 0.4) is 0 Å². The van der Waals surface area contributed by atoms with Crippen LogP contribution in [0.2, 0.25) is 5.02 Å². The fraction of sp³-hybridized carbons (Fsp3) is 0.333. The Morgan fingerprint density at radius 3 is 2.85 bits per heavy atom. The van der Waals surface area contributed by atoms with Gasteiger partial charge in [-0.25, -0.2) is 0 Å². The fourth-order valence-electron chi connectivity index (χ4n) is 1.15. The molecule has 0 heterocycles. The van der Waals surface area contributed by atoms with E-state index < -0.39 is 6.04 Å². The van der Waals surface area contributed by atoms with Crippen LogP contribution in [0.15, 0.2) is 23.1 Å². The smallest absolute Gasteiger partial charge is 0.0625 e. The van der Waals surface area contributed by atoms with Gasteiger partial charge in [-0.05, 0) is 18.4 Å². The second-order valence-electron chi connectivity index (χ2n) is 2.64. The second kappa shape index (κ2) is 4.86. The lowest BCUT2D eigenvalue weighted by atomic mass is 10.1. The lowest BCUT2D eigenvalue weighted by Gasteiger charge is -2.14. The topological polar surface area (TPSA) is 46.2 Å². The monoisotopic (exact) mass is 217 g/mol. The predicted molar refractivity (Wildman–Crippen MR) is 57.2 cm³/mol. The molecule has 0 saturated heterocycles. The largest absolute Gasteiger partial charge is 0.394 e. The normalized spacial score (nSPS) is 12.9. The van der Waals surface area contributed by atoms with Gasteiger partial charge in [0, 0.05) is 15.5 Å². The van der Waals surface area contributed by atoms with Crippen molar-refractivity contribution < 1.29 is 5.11 Å². The van der Waals surface area contributed by atoms with Crippen LogP contribution in [0.5, 0.6) is 0 Å². The van der Waals surface area contributed by atoms with E-state index in [-0.39, 0.29) is 6.61 Å². The van der Waals surface area contributed by atoms with Gasteiger partial charge in [0.25, 0.3) is 0 Å². The first kappa shape index (κ1) is 10.9. The third-order valence-electron chi connectivity index (χ3n) is 1.80. The molecule has 0 bridgehead atoms. The molecule has 0 aliphatic rings. The Balaban J connectivity index is 3.14. The lowest BCUT2D eigenvalue weighted by molar-refractivity contribution is 0.267. The van der Waals surface area contributed by atoms with Gasteiger partial charge in [0.05, 0.1) is 12.6 Å². The van der Waals surface area contributed by atoms with E-state index in [2.05, 4.69) is 0 Å². The first-order valence-corrected chi connectivity index (χ1v) is 5.49. The van der Waals surface area contributed by atoms with E-state index in [0.717, 1.165) is 10.5 Å². The number of aliphatic hydroxyl groups excluding tert-OH is 1. The molecule has 0 aliphatic heterocycles. The number of rotatable bonds is 3. The van der Waals surface area contributed by atoms with Crippen molar-refractivity contribution in [1.82, 2.24) is 0 Å². The summed E-state index contributed by atoms with van der Waals surface area (Å²) in [6, 6.07) is 5.21. The quantitative estimate of drug-likeness (QED) is 0.762. The molecule has 0 radical (unpaired) electrons. The van der Waals surface area contributed by atoms with Gasteiger partial charge < -0.3 is 10.8 Å². The molecule has 3 N–H and O–H groups in total. The van der Waals surface area contributed by atoms with E-state index in [9.17, 15) is 0 Å². The van der Waals surface area contributed by atoms with Crippen molar-refractivity contribution >= 4 is 23.4 Å². The van der Waals surface area contributed by atoms with Crippen molar-refractivity contribution in [1.29, 1.82) is 0 Å². The standard InChI is InChI=1S/C9H12ClNOS/c1-13-8-4-2-3-6(10)9(8)7(11)5-12/h2-4,7,12H,5,11H2,1H3. The molecular weight excluding hydrogens is 206 g/mol. The van der Waals surface area contributed by atoms with Gasteiger partial charge >= 0.3 is 0 Å². The first-order chi connectivity index (χ1) is 6.20. The molecule has 0 aliphatic carbocycles. The molecule has 1 atom stereocenters. The molecule has 4 heteroatoms. The zero-order valence-corrected chi connectivity index (χ0v) is 8.90. The van der Waals surface area contributed by atoms with Crippen LogP contribution in [-0.4, -0.2) is 18.0 Å². The van der Waals surface area contributed by atoms with Gasteiger partial charge in [-0.3, -0.25) is 0 Å². The van der Waals surface area contributed by atoms with Gasteiger partial charge in [0.15, 0.2) is 0 Å². The number of aliphatic hydroxyl groups is 1. The van der Waals surface area contributed by atoms with Crippen molar-refractivity contribution in [2.75, 3.05) is 12.9 Å². The van der Waals surface area contributed by atoms with Crippen molar-refractivity contribution in [3.05, 3.63) is 28.8 Å². The summed E-state index contributed by atoms with van der Waals surface area (Å²) in [7, 11) is 0. The molecule has 1 unspecified atom stereocenters. The summed E-state index contributed by atoms with van der Waals surface area (Å²) < 4.78 is 0. The third kappa shape index (κ3) is 2.38. The summed E-state index contributed by atoms with van der Waals surface area (Å²) in [6.45, 7) is -0.0860. The summed E-state index contributed by atoms with van der Waals surface area (Å²) in [5.41, 5.74) is 6.56. The molecule has 2 nitrogen and oxygen atoms in total. The van der Waals surface area contributed by atoms with Crippen LogP contribution in [0.4, 0.5) is 0 Å². The molecular formula is C9H12ClNOS. The van der Waals surface area contributed by atoms with Gasteiger partial charge in [-0.1, -0.05) is 17.7 Å². The molecule has 1 aromatic carbocycles. The zero-order valence-electron chi connectivity index (χ0n) is 7.33. The first-order valence-electron chi connectivity index (χ1n) is 3.89. The van der Waals surface area contributed by atoms with Crippen LogP contribution in [0.1, 0.15) is 11.6 Å². The Kier molecular flexibility index (Phi) is 4.06. The minimum Gasteiger partial charge on any atom is -0.394 e. The molecule has 0 amide bonds. The van der Waals surface area contributed by atoms with Crippen LogP contribution in [0.25, 0.3) is 0 Å². The molecule has 13 heavy (non-hydrogen) atoms. The van der Waals surface area contributed by atoms with Crippen LogP contribution >= 0.6 is 23.4 Å². The Morgan fingerprint density at radius 2 is 2.31 bits per heavy atom. The Bertz CT molecular complexity index is 293. The van der Waals surface area contributed by atoms with Gasteiger partial charge in [0.2, 0.25) is 0 Å². The van der Waals surface area contributed by atoms with E-state index in [1.165, 1.54) is 0 Å². The van der Waals surface area contributed by atoms with Gasteiger partial charge in [0.1, 0.15) is 0 Å². The van der Waals surface area contributed by atoms with Crippen molar-refractivity contribution in [2.45, 2.75) is 10.9 Å². The minimum atomic E-state index is -0.392. The maximum Gasteiger partial charge on any atom is 0.0625 e. The summed E-state index contributed by atoms with van der Waals surface area (Å²) in [5.74, 6) is 0. The van der Waals surface area contributed by atoms with Crippen molar-refractivity contribution in [2.24, 2.45) is 5.73 Å². The minimum absolute atomic E-state index is 0.0860. The van der Waals surface area contributed by atoms with Crippen LogP contribution in [0, 0.1) is 0 Å². The summed E-state index contributed by atoms with van der Waals surface area (Å²) in [4.78, 5) is 1.02. The molecule has 1 rings (SSSR count). The van der Waals surface area contributed by atoms with Crippen molar-refractivity contribution in [3.8, 4) is 0 Å². The zero-order chi connectivity index (χ0) is 9.84. The molecule has 0 saturated carbocycles. The number of nitrogens with two attached hydrogens (primary N) is 1. The SMILES string of the molecule is CSc1cccc(Cl)c1C(N)CO. The highest BCUT2D eigenvalue weighted by Crippen LogP contribution is 2.30. The highest BCUT2D eigenvalue weighted by atomic mass is 35.5. The average molecular weight is 218 g/mol. The Labute approximate surface area is 87.1 Å². The predicted octanol–water partition coefficient (Wildman–Crippen LogP) is 2.05. The molecule has 72 valence electrons. The maximum atomic E-state index is 8.94. The molecule has 0 fully saturated rings. The summed E-state index contributed by atoms with van der Waals surface area (Å²) in [6.07, 6.45) is 1.96. The Hall–Kier alpha value is -0.220. The van der Waals surface area contributed by atoms with E-state index >= 15 is 0 Å². The third-order valence-corrected chi connectivity index (χ3v) is 2.93. The molecule has 1 aromatic rings. The van der Waals surface area contributed by atoms with Crippen LogP contribution in [-0.2, 0) is 0 Å². The fourth-order valence-corrected chi connectivity index (χ4v) is 2.21. The Morgan fingerprint density at radius 1 is 1.62 bits per heavy atom. The second-order valence-corrected chi connectivity index (χ2v) is 3.90. The number of hydrogen-bond acceptors (Lipinski definition) is 3. The number of thioether (sulfide) groups is 1. The number of halogens is 1. The molecule has 0 spiro atoms. The van der Waals surface area contributed by atoms with E-state index in [4.69, 9.17) is 22.4 Å². The van der Waals surface area contributed by atoms with E-state index in [0.29, 0.717) is 5.02 Å². The van der Waals surface area contributed by atoms with E-state index in [1.54, 1.807) is 17.8 Å². The lowest BCUT2D eigenvalue weighted by Crippen LogP contribution is -2.15. The van der Waals surface area contributed by atoms with E-state index in [1.807, 2.05) is 18.4 Å². The van der Waals surface area contributed by atoms with Gasteiger partial charge in [-0.2, -0.15) is 0 Å². The van der Waals surface area contributed by atoms with Crippen LogP contribution < -0.4 is 5.73 Å².